The molecule has 1 heterocycles. The van der Waals surface area contributed by atoms with Crippen molar-refractivity contribution in [2.45, 2.75) is 83.1 Å². The zero-order chi connectivity index (χ0) is 19.0. The second-order valence-corrected chi connectivity index (χ2v) is 7.79. The van der Waals surface area contributed by atoms with Crippen LogP contribution in [0.4, 0.5) is 0 Å². The maximum Gasteiger partial charge on any atom is 0.162 e. The molecular formula is C23H34N2O2. The van der Waals surface area contributed by atoms with E-state index in [9.17, 15) is 0 Å². The molecule has 4 heteroatoms. The minimum absolute atomic E-state index is 0.0238. The number of nitrogens with one attached hydrogen (secondary N) is 2. The van der Waals surface area contributed by atoms with E-state index in [2.05, 4.69) is 35.8 Å². The maximum atomic E-state index is 6.63. The van der Waals surface area contributed by atoms with Crippen molar-refractivity contribution in [2.75, 3.05) is 6.61 Å². The number of terminal acetylenes is 1. The predicted molar refractivity (Wildman–Crippen MR) is 109 cm³/mol. The Morgan fingerprint density at radius 1 is 1.15 bits per heavy atom. The van der Waals surface area contributed by atoms with Crippen LogP contribution in [0.25, 0.3) is 0 Å². The fourth-order valence-corrected chi connectivity index (χ4v) is 4.39. The normalized spacial score (nSPS) is 27.8. The molecule has 0 bridgehead atoms. The number of hydrogen-bond acceptors (Lipinski definition) is 4. The van der Waals surface area contributed by atoms with Crippen molar-refractivity contribution in [3.63, 3.8) is 0 Å². The Labute approximate surface area is 164 Å². The molecule has 2 unspecified atom stereocenters. The van der Waals surface area contributed by atoms with Crippen LogP contribution in [0.1, 0.15) is 76.7 Å². The number of ether oxygens (including phenoxy) is 2. The number of hydrazine groups is 1. The average Bonchev–Trinajstić information content (AvgIpc) is 3.16. The van der Waals surface area contributed by atoms with Gasteiger partial charge in [-0.15, -0.1) is 6.42 Å². The van der Waals surface area contributed by atoms with Crippen molar-refractivity contribution < 1.29 is 9.47 Å². The number of rotatable bonds is 5. The maximum absolute atomic E-state index is 6.63. The van der Waals surface area contributed by atoms with E-state index in [0.717, 1.165) is 17.7 Å². The summed E-state index contributed by atoms with van der Waals surface area (Å²) >= 11 is 0. The van der Waals surface area contributed by atoms with E-state index in [1.165, 1.54) is 57.8 Å². The average molecular weight is 371 g/mol. The second-order valence-electron chi connectivity index (χ2n) is 7.79. The van der Waals surface area contributed by atoms with Crippen molar-refractivity contribution in [3.05, 3.63) is 29.8 Å². The van der Waals surface area contributed by atoms with Crippen LogP contribution in [-0.4, -0.2) is 12.8 Å². The van der Waals surface area contributed by atoms with Gasteiger partial charge in [-0.1, -0.05) is 69.9 Å². The molecule has 0 aromatic heterocycles. The van der Waals surface area contributed by atoms with Gasteiger partial charge in [0.25, 0.3) is 0 Å². The molecule has 3 rings (SSSR count). The highest BCUT2D eigenvalue weighted by molar-refractivity contribution is 5.33. The molecule has 2 atom stereocenters. The standard InChI is InChI=1S/C23H34N2O2/c1-3-17-26-21-16-12-15-20(18-21)23(25-24-22(4-2)27-23)19-13-10-8-6-5-7-9-11-14-19/h1,12,15-16,18-19,22,24-25H,4-11,13-14,17H2,2H3. The van der Waals surface area contributed by atoms with Gasteiger partial charge in [0.1, 0.15) is 18.6 Å². The first-order chi connectivity index (χ1) is 13.3. The molecule has 1 saturated carbocycles. The van der Waals surface area contributed by atoms with Crippen LogP contribution < -0.4 is 15.6 Å². The molecule has 0 amide bonds. The van der Waals surface area contributed by atoms with Gasteiger partial charge in [-0.05, 0) is 31.4 Å². The third-order valence-corrected chi connectivity index (χ3v) is 5.88. The highest BCUT2D eigenvalue weighted by Gasteiger charge is 2.47. The molecule has 1 aromatic rings. The van der Waals surface area contributed by atoms with Gasteiger partial charge >= 0.3 is 0 Å². The van der Waals surface area contributed by atoms with Gasteiger partial charge in [0.2, 0.25) is 0 Å². The summed E-state index contributed by atoms with van der Waals surface area (Å²) in [6, 6.07) is 8.23. The summed E-state index contributed by atoms with van der Waals surface area (Å²) in [5.74, 6) is 3.77. The van der Waals surface area contributed by atoms with Gasteiger partial charge in [0, 0.05) is 11.5 Å². The van der Waals surface area contributed by atoms with Crippen LogP contribution in [0.3, 0.4) is 0 Å². The first-order valence-corrected chi connectivity index (χ1v) is 10.7. The number of hydrogen-bond donors (Lipinski definition) is 2. The molecule has 148 valence electrons. The lowest BCUT2D eigenvalue weighted by Crippen LogP contribution is -2.48. The van der Waals surface area contributed by atoms with E-state index in [-0.39, 0.29) is 12.8 Å². The first kappa shape index (κ1) is 20.2. The van der Waals surface area contributed by atoms with Gasteiger partial charge in [-0.3, -0.25) is 0 Å². The van der Waals surface area contributed by atoms with Gasteiger partial charge < -0.3 is 9.47 Å². The largest absolute Gasteiger partial charge is 0.481 e. The third-order valence-electron chi connectivity index (χ3n) is 5.88. The van der Waals surface area contributed by atoms with Gasteiger partial charge in [0.15, 0.2) is 5.72 Å². The van der Waals surface area contributed by atoms with Gasteiger partial charge in [-0.2, -0.15) is 0 Å². The Morgan fingerprint density at radius 2 is 1.85 bits per heavy atom. The lowest BCUT2D eigenvalue weighted by Gasteiger charge is -2.37. The summed E-state index contributed by atoms with van der Waals surface area (Å²) in [6.45, 7) is 2.43. The Hall–Kier alpha value is -1.54. The zero-order valence-electron chi connectivity index (χ0n) is 16.6. The monoisotopic (exact) mass is 370 g/mol. The molecular weight excluding hydrogens is 336 g/mol. The fraction of sp³-hybridized carbons (Fsp3) is 0.652. The Bertz CT molecular complexity index is 617. The van der Waals surface area contributed by atoms with Crippen LogP contribution in [0.5, 0.6) is 5.75 Å². The lowest BCUT2D eigenvalue weighted by molar-refractivity contribution is -0.104. The Balaban J connectivity index is 1.88. The van der Waals surface area contributed by atoms with Gasteiger partial charge in [-0.25, -0.2) is 10.9 Å². The predicted octanol–water partition coefficient (Wildman–Crippen LogP) is 4.85. The first-order valence-electron chi connectivity index (χ1n) is 10.7. The van der Waals surface area contributed by atoms with Gasteiger partial charge in [0.05, 0.1) is 0 Å². The molecule has 4 nitrogen and oxygen atoms in total. The van der Waals surface area contributed by atoms with Crippen molar-refractivity contribution in [2.24, 2.45) is 5.92 Å². The molecule has 27 heavy (non-hydrogen) atoms. The minimum atomic E-state index is -0.505. The van der Waals surface area contributed by atoms with Crippen LogP contribution in [0.15, 0.2) is 24.3 Å². The van der Waals surface area contributed by atoms with E-state index in [4.69, 9.17) is 15.9 Å². The molecule has 0 radical (unpaired) electrons. The van der Waals surface area contributed by atoms with Crippen LogP contribution in [0.2, 0.25) is 0 Å². The molecule has 2 fully saturated rings. The smallest absolute Gasteiger partial charge is 0.162 e. The van der Waals surface area contributed by atoms with E-state index < -0.39 is 5.72 Å². The molecule has 2 aliphatic rings. The molecule has 0 spiro atoms. The SMILES string of the molecule is C#CCOc1cccc(C2(C3CCCCCCCCC3)NNC(CC)O2)c1. The molecule has 1 aromatic carbocycles. The molecule has 1 aliphatic heterocycles. The quantitative estimate of drug-likeness (QED) is 0.727. The van der Waals surface area contributed by atoms with E-state index in [1.807, 2.05) is 12.1 Å². The van der Waals surface area contributed by atoms with Crippen molar-refractivity contribution in [1.82, 2.24) is 10.9 Å². The van der Waals surface area contributed by atoms with E-state index >= 15 is 0 Å². The Kier molecular flexibility index (Phi) is 7.58. The highest BCUT2D eigenvalue weighted by Crippen LogP contribution is 2.42. The summed E-state index contributed by atoms with van der Waals surface area (Å²) in [5, 5.41) is 0. The third kappa shape index (κ3) is 5.04. The van der Waals surface area contributed by atoms with Crippen molar-refractivity contribution in [3.8, 4) is 18.1 Å². The fourth-order valence-electron chi connectivity index (χ4n) is 4.39. The minimum Gasteiger partial charge on any atom is -0.481 e. The van der Waals surface area contributed by atoms with Crippen LogP contribution in [0, 0.1) is 18.3 Å². The zero-order valence-corrected chi connectivity index (χ0v) is 16.6. The molecule has 2 N–H and O–H groups in total. The van der Waals surface area contributed by atoms with Crippen LogP contribution in [-0.2, 0) is 10.5 Å². The molecule has 1 aliphatic carbocycles. The lowest BCUT2D eigenvalue weighted by atomic mass is 9.81. The Morgan fingerprint density at radius 3 is 2.48 bits per heavy atom. The summed E-state index contributed by atoms with van der Waals surface area (Å²) in [5.41, 5.74) is 7.55. The summed E-state index contributed by atoms with van der Waals surface area (Å²) in [4.78, 5) is 0. The van der Waals surface area contributed by atoms with E-state index in [1.54, 1.807) is 0 Å². The van der Waals surface area contributed by atoms with Crippen molar-refractivity contribution in [1.29, 1.82) is 0 Å². The summed E-state index contributed by atoms with van der Waals surface area (Å²) in [6.07, 6.45) is 17.9. The number of benzene rings is 1. The highest BCUT2D eigenvalue weighted by atomic mass is 16.6. The van der Waals surface area contributed by atoms with E-state index in [0.29, 0.717) is 5.92 Å². The summed E-state index contributed by atoms with van der Waals surface area (Å²) < 4.78 is 12.3. The van der Waals surface area contributed by atoms with Crippen molar-refractivity contribution >= 4 is 0 Å². The second kappa shape index (κ2) is 10.1. The summed E-state index contributed by atoms with van der Waals surface area (Å²) in [7, 11) is 0. The topological polar surface area (TPSA) is 42.5 Å². The van der Waals surface area contributed by atoms with Crippen LogP contribution >= 0.6 is 0 Å². The molecule has 1 saturated heterocycles.